The quantitative estimate of drug-likeness (QED) is 0.0908. The van der Waals surface area contributed by atoms with E-state index in [1.54, 1.807) is 37.4 Å². The normalized spacial score (nSPS) is 14.4. The lowest BCUT2D eigenvalue weighted by Gasteiger charge is -2.18. The van der Waals surface area contributed by atoms with Crippen molar-refractivity contribution in [1.82, 2.24) is 4.90 Å². The monoisotopic (exact) mass is 737 g/mol. The van der Waals surface area contributed by atoms with E-state index in [9.17, 15) is 40.7 Å². The number of nitrogens with one attached hydrogen (secondary N) is 1. The molecule has 3 aromatic carbocycles. The van der Waals surface area contributed by atoms with E-state index in [2.05, 4.69) is 19.7 Å². The van der Waals surface area contributed by atoms with Crippen molar-refractivity contribution in [2.45, 2.75) is 50.6 Å². The highest BCUT2D eigenvalue weighted by Gasteiger charge is 2.42. The van der Waals surface area contributed by atoms with E-state index in [4.69, 9.17) is 10.5 Å². The number of methoxy groups -OCH3 is 1. The maximum Gasteiger partial charge on any atom is 0.491 e. The van der Waals surface area contributed by atoms with Crippen LogP contribution in [0.25, 0.3) is 20.5 Å². The Labute approximate surface area is 292 Å². The van der Waals surface area contributed by atoms with Crippen molar-refractivity contribution in [3.63, 3.8) is 0 Å². The summed E-state index contributed by atoms with van der Waals surface area (Å²) >= 11 is 1.28. The summed E-state index contributed by atoms with van der Waals surface area (Å²) in [4.78, 5) is 38.0. The van der Waals surface area contributed by atoms with Crippen LogP contribution >= 0.6 is 11.3 Å². The van der Waals surface area contributed by atoms with E-state index in [1.807, 2.05) is 18.2 Å². The van der Waals surface area contributed by atoms with Crippen LogP contribution in [0.2, 0.25) is 0 Å². The van der Waals surface area contributed by atoms with E-state index < -0.39 is 49.3 Å². The lowest BCUT2D eigenvalue weighted by atomic mass is 9.97. The molecule has 51 heavy (non-hydrogen) atoms. The number of nitrogens with two attached hydrogens (primary N) is 1. The second-order valence-electron chi connectivity index (χ2n) is 11.9. The zero-order valence-electron chi connectivity index (χ0n) is 27.2. The number of fused-ring (bicyclic) bond motifs is 1. The standard InChI is InChI=1S/C35H33F6N3O6S/c1-48-28-15-20(4-5-22(28)18-44-12-2-3-13-44)14-27-26-11-10-25(50-33(47)35(39,40)41)17-29(26)51-31(27)21-6-8-24(9-7-21)43-30(45)16-23(42)19-49-32(46)34(36,37)38/h4-11,15,17,23H,2-3,12-14,16,18-19,42H2,1H3,(H,43,45)/t23-/m1/s1. The van der Waals surface area contributed by atoms with E-state index in [0.717, 1.165) is 65.2 Å². The predicted molar refractivity (Wildman–Crippen MR) is 177 cm³/mol. The molecule has 0 unspecified atom stereocenters. The SMILES string of the molecule is COc1cc(Cc2c(-c3ccc(NC(=O)C[C@@H](N)COC(=O)C(F)(F)F)cc3)sc3cc(OC(=O)C(F)(F)F)ccc23)ccc1CN1CCCC1. The molecule has 272 valence electrons. The van der Waals surface area contributed by atoms with Gasteiger partial charge in [-0.15, -0.1) is 11.3 Å². The highest BCUT2D eigenvalue weighted by Crippen LogP contribution is 2.42. The minimum absolute atomic E-state index is 0.262. The fourth-order valence-corrected chi connectivity index (χ4v) is 6.92. The molecule has 9 nitrogen and oxygen atoms in total. The lowest BCUT2D eigenvalue weighted by Crippen LogP contribution is -2.35. The first-order chi connectivity index (χ1) is 24.1. The summed E-state index contributed by atoms with van der Waals surface area (Å²) in [6.07, 6.45) is -8.03. The molecule has 2 heterocycles. The van der Waals surface area contributed by atoms with Crippen molar-refractivity contribution in [2.24, 2.45) is 5.73 Å². The molecule has 0 radical (unpaired) electrons. The van der Waals surface area contributed by atoms with E-state index in [-0.39, 0.29) is 5.75 Å². The third kappa shape index (κ3) is 9.77. The number of ether oxygens (including phenoxy) is 3. The molecule has 1 saturated heterocycles. The molecule has 1 aliphatic rings. The first-order valence-electron chi connectivity index (χ1n) is 15.7. The molecule has 3 N–H and O–H groups in total. The van der Waals surface area contributed by atoms with Gasteiger partial charge in [0.2, 0.25) is 5.91 Å². The Hall–Kier alpha value is -4.67. The number of benzene rings is 3. The molecule has 1 atom stereocenters. The van der Waals surface area contributed by atoms with Gasteiger partial charge in [0.05, 0.1) is 7.11 Å². The zero-order chi connectivity index (χ0) is 36.9. The van der Waals surface area contributed by atoms with Crippen molar-refractivity contribution in [3.05, 3.63) is 77.4 Å². The fourth-order valence-electron chi connectivity index (χ4n) is 5.66. The average molecular weight is 738 g/mol. The molecule has 1 aromatic heterocycles. The molecule has 1 aliphatic heterocycles. The highest BCUT2D eigenvalue weighted by molar-refractivity contribution is 7.22. The molecule has 16 heteroatoms. The van der Waals surface area contributed by atoms with Crippen LogP contribution in [0, 0.1) is 0 Å². The van der Waals surface area contributed by atoms with Crippen molar-refractivity contribution in [2.75, 3.05) is 32.1 Å². The van der Waals surface area contributed by atoms with Gasteiger partial charge in [0.25, 0.3) is 0 Å². The van der Waals surface area contributed by atoms with Crippen LogP contribution in [0.4, 0.5) is 32.0 Å². The molecule has 0 spiro atoms. The maximum absolute atomic E-state index is 12.9. The fraction of sp³-hybridized carbons (Fsp3) is 0.343. The van der Waals surface area contributed by atoms with E-state index >= 15 is 0 Å². The number of alkyl halides is 6. The summed E-state index contributed by atoms with van der Waals surface area (Å²) in [5.74, 6) is -4.88. The second-order valence-corrected chi connectivity index (χ2v) is 13.0. The van der Waals surface area contributed by atoms with Crippen LogP contribution in [0.5, 0.6) is 11.5 Å². The van der Waals surface area contributed by atoms with E-state index in [1.165, 1.54) is 23.5 Å². The molecule has 1 amide bonds. The van der Waals surface area contributed by atoms with Crippen LogP contribution in [0.3, 0.4) is 0 Å². The molecular formula is C35H33F6N3O6S. The van der Waals surface area contributed by atoms with E-state index in [0.29, 0.717) is 22.4 Å². The van der Waals surface area contributed by atoms with Crippen molar-refractivity contribution < 1.29 is 54.9 Å². The van der Waals surface area contributed by atoms with Crippen LogP contribution in [-0.2, 0) is 32.1 Å². The Morgan fingerprint density at radius 1 is 0.922 bits per heavy atom. The molecular weight excluding hydrogens is 704 g/mol. The topological polar surface area (TPSA) is 120 Å². The molecule has 0 aliphatic carbocycles. The van der Waals surface area contributed by atoms with Gasteiger partial charge in [0.1, 0.15) is 18.1 Å². The first-order valence-corrected chi connectivity index (χ1v) is 16.5. The summed E-state index contributed by atoms with van der Waals surface area (Å²) in [6, 6.07) is 15.8. The number of anilines is 1. The number of thiophene rings is 1. The molecule has 4 aromatic rings. The minimum Gasteiger partial charge on any atom is -0.496 e. The van der Waals surface area contributed by atoms with Crippen LogP contribution in [0.15, 0.2) is 60.7 Å². The summed E-state index contributed by atoms with van der Waals surface area (Å²) in [6.45, 7) is 2.00. The van der Waals surface area contributed by atoms with Gasteiger partial charge in [-0.1, -0.05) is 24.3 Å². The first kappa shape index (κ1) is 37.6. The largest absolute Gasteiger partial charge is 0.496 e. The molecule has 0 saturated carbocycles. The van der Waals surface area contributed by atoms with Gasteiger partial charge in [-0.05, 0) is 90.8 Å². The van der Waals surface area contributed by atoms with Crippen molar-refractivity contribution in [1.29, 1.82) is 0 Å². The second kappa shape index (κ2) is 15.7. The summed E-state index contributed by atoms with van der Waals surface area (Å²) < 4.78 is 90.7. The number of esters is 2. The number of amides is 1. The number of likely N-dealkylation sites (tertiary alicyclic amines) is 1. The number of halogens is 6. The third-order valence-electron chi connectivity index (χ3n) is 8.07. The Bertz CT molecular complexity index is 1890. The minimum atomic E-state index is -5.18. The lowest BCUT2D eigenvalue weighted by molar-refractivity contribution is -0.200. The van der Waals surface area contributed by atoms with Crippen LogP contribution < -0.4 is 20.5 Å². The van der Waals surface area contributed by atoms with Crippen molar-refractivity contribution in [3.8, 4) is 21.9 Å². The summed E-state index contributed by atoms with van der Waals surface area (Å²) in [5.41, 5.74) is 9.56. The number of rotatable bonds is 12. The molecule has 1 fully saturated rings. The Morgan fingerprint density at radius 3 is 2.25 bits per heavy atom. The zero-order valence-corrected chi connectivity index (χ0v) is 28.0. The average Bonchev–Trinajstić information content (AvgIpc) is 3.71. The van der Waals surface area contributed by atoms with Crippen molar-refractivity contribution >= 4 is 45.0 Å². The number of nitrogens with zero attached hydrogens (tertiary/aromatic N) is 1. The Balaban J connectivity index is 1.38. The van der Waals surface area contributed by atoms with Gasteiger partial charge in [0, 0.05) is 39.8 Å². The summed E-state index contributed by atoms with van der Waals surface area (Å²) in [7, 11) is 1.61. The smallest absolute Gasteiger partial charge is 0.491 e. The number of carbonyl (C=O) groups excluding carboxylic acids is 3. The predicted octanol–water partition coefficient (Wildman–Crippen LogP) is 6.99. The number of hydrogen-bond acceptors (Lipinski definition) is 9. The van der Waals surface area contributed by atoms with Gasteiger partial charge in [-0.2, -0.15) is 26.3 Å². The third-order valence-corrected chi connectivity index (χ3v) is 9.31. The Kier molecular flexibility index (Phi) is 11.6. The van der Waals surface area contributed by atoms with Gasteiger partial charge < -0.3 is 25.3 Å². The van der Waals surface area contributed by atoms with Gasteiger partial charge >= 0.3 is 24.3 Å². The van der Waals surface area contributed by atoms with Gasteiger partial charge in [0.15, 0.2) is 0 Å². The molecule has 5 rings (SSSR count). The van der Waals surface area contributed by atoms with Crippen LogP contribution in [-0.4, -0.2) is 67.9 Å². The molecule has 0 bridgehead atoms. The van der Waals surface area contributed by atoms with Crippen LogP contribution in [0.1, 0.15) is 36.0 Å². The van der Waals surface area contributed by atoms with Gasteiger partial charge in [-0.25, -0.2) is 9.59 Å². The summed E-state index contributed by atoms with van der Waals surface area (Å²) in [5, 5.41) is 3.33. The highest BCUT2D eigenvalue weighted by atomic mass is 32.1. The maximum atomic E-state index is 12.9. The number of carbonyl (C=O) groups is 3. The Morgan fingerprint density at radius 2 is 1.61 bits per heavy atom. The van der Waals surface area contributed by atoms with Gasteiger partial charge in [-0.3, -0.25) is 9.69 Å². The number of hydrogen-bond donors (Lipinski definition) is 2.